The third-order valence-electron chi connectivity index (χ3n) is 4.54. The number of nitrogens with one attached hydrogen (secondary N) is 2. The maximum atomic E-state index is 12.8. The van der Waals surface area contributed by atoms with Crippen molar-refractivity contribution < 1.29 is 18.3 Å². The van der Waals surface area contributed by atoms with E-state index in [0.717, 1.165) is 38.2 Å². The third kappa shape index (κ3) is 4.59. The maximum absolute atomic E-state index is 12.8. The van der Waals surface area contributed by atoms with Gasteiger partial charge in [-0.25, -0.2) is 0 Å². The van der Waals surface area contributed by atoms with Crippen LogP contribution in [0.5, 0.6) is 0 Å². The average molecular weight is 357 g/mol. The monoisotopic (exact) mass is 357 g/mol. The Morgan fingerprint density at radius 3 is 2.44 bits per heavy atom. The van der Waals surface area contributed by atoms with E-state index < -0.39 is 18.3 Å². The Morgan fingerprint density at radius 1 is 1.12 bits per heavy atom. The van der Waals surface area contributed by atoms with Crippen LogP contribution in [-0.4, -0.2) is 44.4 Å². The molecule has 0 aromatic carbocycles. The van der Waals surface area contributed by atoms with Crippen LogP contribution in [0.25, 0.3) is 5.57 Å². The molecule has 9 heteroatoms. The van der Waals surface area contributed by atoms with Crippen molar-refractivity contribution in [1.29, 1.82) is 0 Å². The van der Waals surface area contributed by atoms with Gasteiger partial charge in [0.25, 0.3) is 0 Å². The fourth-order valence-electron chi connectivity index (χ4n) is 2.75. The molecular formula is C16H22F3N5O. The molecule has 2 atom stereocenters. The van der Waals surface area contributed by atoms with Crippen molar-refractivity contribution in [3.63, 3.8) is 0 Å². The van der Waals surface area contributed by atoms with E-state index in [-0.39, 0.29) is 17.9 Å². The molecule has 1 saturated carbocycles. The minimum Gasteiger partial charge on any atom is -0.389 e. The highest BCUT2D eigenvalue weighted by Gasteiger charge is 2.36. The van der Waals surface area contributed by atoms with Crippen LogP contribution in [0.4, 0.5) is 25.1 Å². The van der Waals surface area contributed by atoms with Gasteiger partial charge in [-0.1, -0.05) is 0 Å². The first-order valence-corrected chi connectivity index (χ1v) is 8.56. The van der Waals surface area contributed by atoms with Gasteiger partial charge in [-0.3, -0.25) is 0 Å². The molecule has 2 aliphatic rings. The van der Waals surface area contributed by atoms with Crippen LogP contribution in [0.1, 0.15) is 51.3 Å². The Balaban J connectivity index is 1.87. The molecule has 2 unspecified atom stereocenters. The lowest BCUT2D eigenvalue weighted by Crippen LogP contribution is -2.34. The van der Waals surface area contributed by atoms with Crippen LogP contribution in [0.15, 0.2) is 6.08 Å². The minimum atomic E-state index is -4.39. The summed E-state index contributed by atoms with van der Waals surface area (Å²) in [4.78, 5) is 12.6. The van der Waals surface area contributed by atoms with Crippen molar-refractivity contribution in [1.82, 2.24) is 15.0 Å². The highest BCUT2D eigenvalue weighted by atomic mass is 19.4. The molecule has 1 fully saturated rings. The number of aromatic nitrogens is 3. The SMILES string of the molecule is CC(Nc1nc(NC2CCC2)nc(C2=CC(O)CCC2)n1)C(F)(F)F. The first kappa shape index (κ1) is 17.9. The second-order valence-electron chi connectivity index (χ2n) is 6.64. The van der Waals surface area contributed by atoms with Crippen LogP contribution in [0.2, 0.25) is 0 Å². The molecular weight excluding hydrogens is 335 g/mol. The lowest BCUT2D eigenvalue weighted by molar-refractivity contribution is -0.138. The van der Waals surface area contributed by atoms with E-state index in [4.69, 9.17) is 0 Å². The van der Waals surface area contributed by atoms with Crippen molar-refractivity contribution >= 4 is 17.5 Å². The number of rotatable bonds is 5. The van der Waals surface area contributed by atoms with E-state index in [9.17, 15) is 18.3 Å². The van der Waals surface area contributed by atoms with E-state index in [2.05, 4.69) is 25.6 Å². The molecule has 1 aromatic rings. The van der Waals surface area contributed by atoms with Gasteiger partial charge in [-0.05, 0) is 57.1 Å². The first-order valence-electron chi connectivity index (χ1n) is 8.56. The maximum Gasteiger partial charge on any atom is 0.408 e. The van der Waals surface area contributed by atoms with Crippen LogP contribution < -0.4 is 10.6 Å². The quantitative estimate of drug-likeness (QED) is 0.751. The number of anilines is 2. The molecule has 6 nitrogen and oxygen atoms in total. The molecule has 0 spiro atoms. The number of hydrogen-bond acceptors (Lipinski definition) is 6. The van der Waals surface area contributed by atoms with Crippen molar-refractivity contribution in [2.24, 2.45) is 0 Å². The Kier molecular flexibility index (Phi) is 5.12. The smallest absolute Gasteiger partial charge is 0.389 e. The Hall–Kier alpha value is -1.90. The lowest BCUT2D eigenvalue weighted by Gasteiger charge is -2.27. The van der Waals surface area contributed by atoms with E-state index in [1.165, 1.54) is 0 Å². The van der Waals surface area contributed by atoms with Crippen LogP contribution in [0, 0.1) is 0 Å². The topological polar surface area (TPSA) is 83.0 Å². The molecule has 1 aromatic heterocycles. The van der Waals surface area contributed by atoms with Crippen LogP contribution in [0.3, 0.4) is 0 Å². The third-order valence-corrected chi connectivity index (χ3v) is 4.54. The molecule has 3 rings (SSSR count). The van der Waals surface area contributed by atoms with Gasteiger partial charge in [0.2, 0.25) is 11.9 Å². The van der Waals surface area contributed by atoms with E-state index in [1.54, 1.807) is 6.08 Å². The average Bonchev–Trinajstić information content (AvgIpc) is 2.50. The lowest BCUT2D eigenvalue weighted by atomic mass is 9.93. The molecule has 25 heavy (non-hydrogen) atoms. The highest BCUT2D eigenvalue weighted by molar-refractivity contribution is 5.63. The van der Waals surface area contributed by atoms with Gasteiger partial charge in [0.1, 0.15) is 6.04 Å². The Morgan fingerprint density at radius 2 is 1.84 bits per heavy atom. The second-order valence-corrected chi connectivity index (χ2v) is 6.64. The van der Waals surface area contributed by atoms with Gasteiger partial charge in [0.15, 0.2) is 5.82 Å². The number of nitrogens with zero attached hydrogens (tertiary/aromatic N) is 3. The summed E-state index contributed by atoms with van der Waals surface area (Å²) in [6.07, 6.45) is 1.92. The van der Waals surface area contributed by atoms with Gasteiger partial charge >= 0.3 is 6.18 Å². The number of aliphatic hydroxyl groups is 1. The Labute approximate surface area is 144 Å². The van der Waals surface area contributed by atoms with E-state index >= 15 is 0 Å². The molecule has 0 bridgehead atoms. The molecule has 0 amide bonds. The van der Waals surface area contributed by atoms with Gasteiger partial charge < -0.3 is 15.7 Å². The predicted octanol–water partition coefficient (Wildman–Crippen LogP) is 3.13. The summed E-state index contributed by atoms with van der Waals surface area (Å²) < 4.78 is 38.5. The standard InChI is InChI=1S/C16H22F3N5O/c1-9(16(17,18)19)20-14-22-13(10-4-2-7-12(25)8-10)23-15(24-14)21-11-5-3-6-11/h8-9,11-12,25H,2-7H2,1H3,(H2,20,21,22,23,24). The molecule has 0 saturated heterocycles. The summed E-state index contributed by atoms with van der Waals surface area (Å²) in [6, 6.07) is -1.53. The second kappa shape index (κ2) is 7.15. The summed E-state index contributed by atoms with van der Waals surface area (Å²) in [6.45, 7) is 1.02. The van der Waals surface area contributed by atoms with Crippen molar-refractivity contribution in [3.05, 3.63) is 11.9 Å². The zero-order chi connectivity index (χ0) is 18.0. The largest absolute Gasteiger partial charge is 0.408 e. The minimum absolute atomic E-state index is 0.113. The first-order chi connectivity index (χ1) is 11.8. The number of halogens is 3. The van der Waals surface area contributed by atoms with E-state index in [0.29, 0.717) is 18.7 Å². The molecule has 138 valence electrons. The highest BCUT2D eigenvalue weighted by Crippen LogP contribution is 2.28. The predicted molar refractivity (Wildman–Crippen MR) is 88.1 cm³/mol. The van der Waals surface area contributed by atoms with Crippen LogP contribution >= 0.6 is 0 Å². The Bertz CT molecular complexity index is 645. The van der Waals surface area contributed by atoms with Gasteiger partial charge in [0.05, 0.1) is 6.10 Å². The zero-order valence-corrected chi connectivity index (χ0v) is 14.0. The van der Waals surface area contributed by atoms with Gasteiger partial charge in [-0.2, -0.15) is 28.1 Å². The molecule has 0 aliphatic heterocycles. The van der Waals surface area contributed by atoms with Crippen molar-refractivity contribution in [2.75, 3.05) is 10.6 Å². The summed E-state index contributed by atoms with van der Waals surface area (Å²) in [5.41, 5.74) is 0.737. The van der Waals surface area contributed by atoms with Gasteiger partial charge in [-0.15, -0.1) is 0 Å². The normalized spacial score (nSPS) is 22.8. The summed E-state index contributed by atoms with van der Waals surface area (Å²) in [5, 5.41) is 15.3. The zero-order valence-electron chi connectivity index (χ0n) is 14.0. The molecule has 0 radical (unpaired) electrons. The van der Waals surface area contributed by atoms with E-state index in [1.807, 2.05) is 0 Å². The van der Waals surface area contributed by atoms with Crippen molar-refractivity contribution in [3.8, 4) is 0 Å². The fourth-order valence-corrected chi connectivity index (χ4v) is 2.75. The summed E-state index contributed by atoms with van der Waals surface area (Å²) in [7, 11) is 0. The van der Waals surface area contributed by atoms with Crippen LogP contribution in [-0.2, 0) is 0 Å². The number of allylic oxidation sites excluding steroid dienone is 1. The molecule has 1 heterocycles. The summed E-state index contributed by atoms with van der Waals surface area (Å²) >= 11 is 0. The molecule has 3 N–H and O–H groups in total. The van der Waals surface area contributed by atoms with Gasteiger partial charge in [0, 0.05) is 6.04 Å². The number of alkyl halides is 3. The summed E-state index contributed by atoms with van der Waals surface area (Å²) in [5.74, 6) is 0.470. The van der Waals surface area contributed by atoms with Crippen molar-refractivity contribution in [2.45, 2.75) is 69.8 Å². The number of aliphatic hydroxyl groups excluding tert-OH is 1. The number of hydrogen-bond donors (Lipinski definition) is 3. The molecule has 2 aliphatic carbocycles. The fraction of sp³-hybridized carbons (Fsp3) is 0.688.